The van der Waals surface area contributed by atoms with Crippen LogP contribution in [-0.2, 0) is 47.1 Å². The lowest BCUT2D eigenvalue weighted by Crippen LogP contribution is -2.61. The zero-order valence-electron chi connectivity index (χ0n) is 36.4. The van der Waals surface area contributed by atoms with Gasteiger partial charge in [-0.15, -0.1) is 0 Å². The molecular formula is C46H73NO10Si. The van der Waals surface area contributed by atoms with Crippen LogP contribution in [0, 0.1) is 17.8 Å². The predicted molar refractivity (Wildman–Crippen MR) is 221 cm³/mol. The summed E-state index contributed by atoms with van der Waals surface area (Å²) < 4.78 is 61.7. The number of carbonyl (C=O) groups excluding carboxylic acids is 1. The molecule has 0 aromatic rings. The third-order valence-electron chi connectivity index (χ3n) is 16.4. The molecule has 10 fully saturated rings. The van der Waals surface area contributed by atoms with Crippen molar-refractivity contribution < 1.29 is 47.1 Å². The summed E-state index contributed by atoms with van der Waals surface area (Å²) in [5.74, 6) is -0.0716. The molecule has 10 rings (SSSR count). The number of Topliss-reactive ketones (excluding diaryl/α,β-unsaturated/α-hetero) is 1. The van der Waals surface area contributed by atoms with Gasteiger partial charge in [0, 0.05) is 45.1 Å². The lowest BCUT2D eigenvalue weighted by atomic mass is 9.78. The first-order chi connectivity index (χ1) is 27.5. The molecule has 11 nitrogen and oxygen atoms in total. The van der Waals surface area contributed by atoms with Crippen molar-refractivity contribution in [2.75, 3.05) is 6.54 Å². The highest BCUT2D eigenvalue weighted by Crippen LogP contribution is 2.54. The lowest BCUT2D eigenvalue weighted by Gasteiger charge is -2.47. The molecule has 10 aliphatic rings. The molecule has 10 saturated heterocycles. The highest BCUT2D eigenvalue weighted by Gasteiger charge is 2.68. The highest BCUT2D eigenvalue weighted by molar-refractivity contribution is 6.74. The van der Waals surface area contributed by atoms with Crippen molar-refractivity contribution >= 4 is 14.1 Å². The molecule has 1 spiro atoms. The summed E-state index contributed by atoms with van der Waals surface area (Å²) in [6.45, 7) is 25.4. The van der Waals surface area contributed by atoms with Crippen LogP contribution in [0.2, 0.25) is 18.1 Å². The van der Waals surface area contributed by atoms with Crippen molar-refractivity contribution in [2.24, 2.45) is 23.5 Å². The van der Waals surface area contributed by atoms with E-state index in [1.807, 2.05) is 0 Å². The average Bonchev–Trinajstić information content (AvgIpc) is 3.82. The van der Waals surface area contributed by atoms with E-state index in [1.165, 1.54) is 0 Å². The fraction of sp³-hybridized carbons (Fsp3) is 0.891. The summed E-state index contributed by atoms with van der Waals surface area (Å²) >= 11 is 0. The average molecular weight is 828 g/mol. The van der Waals surface area contributed by atoms with Crippen molar-refractivity contribution in [3.63, 3.8) is 0 Å². The van der Waals surface area contributed by atoms with Crippen molar-refractivity contribution in [1.82, 2.24) is 0 Å². The Bertz CT molecular complexity index is 1570. The topological polar surface area (TPSA) is 126 Å². The standard InChI is InChI=1S/C46H73NO10Si/c1-24-16-29-10-12-34-25(2)17-31(49-34)14-15-46-22-39-41(55-46)42-43(54-39)44(56-46)40-35(53-42)13-11-30(51-40)18-28(48)19-33-27(4)36(52-38(33)21-37(50-29)26(24)3)20-32(23-47)57-58(8,9)45(5,6)7/h24,27,29-44H,2-3,10-23,47H2,1,4-9H3/t24-,27-,29+,30?,31+,32+,33?,34?,35+,36-,37-,38?,39+,40+,41+,42+,43-,44+,46?/m1/s1. The molecule has 0 aromatic heterocycles. The van der Waals surface area contributed by atoms with Gasteiger partial charge in [-0.05, 0) is 92.0 Å². The van der Waals surface area contributed by atoms with Crippen LogP contribution in [0.4, 0.5) is 0 Å². The number of ether oxygens (including phenoxy) is 8. The zero-order chi connectivity index (χ0) is 40.9. The Hall–Kier alpha value is -1.03. The van der Waals surface area contributed by atoms with E-state index in [-0.39, 0.29) is 114 Å². The smallest absolute Gasteiger partial charge is 0.192 e. The van der Waals surface area contributed by atoms with E-state index >= 15 is 0 Å². The second-order valence-electron chi connectivity index (χ2n) is 21.4. The first-order valence-electron chi connectivity index (χ1n) is 23.0. The maximum atomic E-state index is 14.3. The molecule has 10 aliphatic heterocycles. The third kappa shape index (κ3) is 7.94. The molecule has 0 aliphatic carbocycles. The number of hydrogen-bond donors (Lipinski definition) is 1. The number of rotatable bonds is 5. The fourth-order valence-electron chi connectivity index (χ4n) is 12.0. The van der Waals surface area contributed by atoms with Gasteiger partial charge in [-0.2, -0.15) is 0 Å². The molecule has 12 bridgehead atoms. The summed E-state index contributed by atoms with van der Waals surface area (Å²) in [5.41, 5.74) is 8.70. The van der Waals surface area contributed by atoms with E-state index in [0.29, 0.717) is 51.0 Å². The van der Waals surface area contributed by atoms with E-state index in [2.05, 4.69) is 60.9 Å². The molecule has 58 heavy (non-hydrogen) atoms. The Kier molecular flexibility index (Phi) is 11.6. The molecule has 12 heteroatoms. The van der Waals surface area contributed by atoms with Gasteiger partial charge in [-0.3, -0.25) is 4.79 Å². The number of ketones is 1. The van der Waals surface area contributed by atoms with Crippen molar-refractivity contribution in [1.29, 1.82) is 0 Å². The Labute approximate surface area is 348 Å². The third-order valence-corrected chi connectivity index (χ3v) is 21.0. The van der Waals surface area contributed by atoms with Gasteiger partial charge in [0.25, 0.3) is 0 Å². The van der Waals surface area contributed by atoms with Crippen LogP contribution >= 0.6 is 0 Å². The van der Waals surface area contributed by atoms with Crippen LogP contribution in [0.1, 0.15) is 118 Å². The fourth-order valence-corrected chi connectivity index (χ4v) is 13.3. The second-order valence-corrected chi connectivity index (χ2v) is 26.2. The quantitative estimate of drug-likeness (QED) is 0.226. The maximum Gasteiger partial charge on any atom is 0.192 e. The molecule has 2 N–H and O–H groups in total. The van der Waals surface area contributed by atoms with Gasteiger partial charge in [-0.1, -0.05) is 47.8 Å². The van der Waals surface area contributed by atoms with E-state index in [0.717, 1.165) is 56.1 Å². The molecule has 0 aromatic carbocycles. The summed E-state index contributed by atoms with van der Waals surface area (Å²) in [5, 5.41) is 0.0675. The highest BCUT2D eigenvalue weighted by atomic mass is 28.4. The largest absolute Gasteiger partial charge is 0.413 e. The first kappa shape index (κ1) is 42.3. The number of nitrogens with two attached hydrogens (primary N) is 1. The van der Waals surface area contributed by atoms with Crippen molar-refractivity contribution in [2.45, 2.75) is 234 Å². The maximum absolute atomic E-state index is 14.3. The monoisotopic (exact) mass is 828 g/mol. The molecule has 0 saturated carbocycles. The normalized spacial score (nSPS) is 48.8. The van der Waals surface area contributed by atoms with Crippen molar-refractivity contribution in [3.8, 4) is 0 Å². The molecule has 326 valence electrons. The molecule has 10 heterocycles. The minimum Gasteiger partial charge on any atom is -0.413 e. The Morgan fingerprint density at radius 3 is 2.26 bits per heavy atom. The summed E-state index contributed by atoms with van der Waals surface area (Å²) in [7, 11) is -2.07. The van der Waals surface area contributed by atoms with Gasteiger partial charge in [0.2, 0.25) is 0 Å². The summed E-state index contributed by atoms with van der Waals surface area (Å²) in [6.07, 6.45) is 7.63. The molecule has 19 atom stereocenters. The van der Waals surface area contributed by atoms with Gasteiger partial charge in [0.05, 0.1) is 61.0 Å². The number of carbonyl (C=O) groups is 1. The summed E-state index contributed by atoms with van der Waals surface area (Å²) in [6, 6.07) is 0. The van der Waals surface area contributed by atoms with Gasteiger partial charge < -0.3 is 48.1 Å². The Balaban J connectivity index is 0.972. The number of fused-ring (bicyclic) bond motifs is 6. The molecule has 0 radical (unpaired) electrons. The van der Waals surface area contributed by atoms with Crippen LogP contribution in [0.15, 0.2) is 24.3 Å². The Morgan fingerprint density at radius 2 is 1.48 bits per heavy atom. The predicted octanol–water partition coefficient (Wildman–Crippen LogP) is 7.09. The lowest BCUT2D eigenvalue weighted by molar-refractivity contribution is -0.292. The summed E-state index contributed by atoms with van der Waals surface area (Å²) in [4.78, 5) is 14.3. The molecule has 0 amide bonds. The van der Waals surface area contributed by atoms with Crippen LogP contribution in [0.3, 0.4) is 0 Å². The van der Waals surface area contributed by atoms with Crippen LogP contribution in [0.25, 0.3) is 0 Å². The van der Waals surface area contributed by atoms with E-state index in [1.54, 1.807) is 0 Å². The van der Waals surface area contributed by atoms with Gasteiger partial charge >= 0.3 is 0 Å². The zero-order valence-corrected chi connectivity index (χ0v) is 37.4. The van der Waals surface area contributed by atoms with Crippen molar-refractivity contribution in [3.05, 3.63) is 24.3 Å². The van der Waals surface area contributed by atoms with E-state index in [4.69, 9.17) is 48.1 Å². The van der Waals surface area contributed by atoms with Crippen LogP contribution < -0.4 is 5.73 Å². The van der Waals surface area contributed by atoms with Gasteiger partial charge in [0.1, 0.15) is 36.3 Å². The van der Waals surface area contributed by atoms with E-state index < -0.39 is 14.1 Å². The first-order valence-corrected chi connectivity index (χ1v) is 25.9. The van der Waals surface area contributed by atoms with Gasteiger partial charge in [0.15, 0.2) is 14.1 Å². The number of hydrogen-bond acceptors (Lipinski definition) is 11. The minimum absolute atomic E-state index is 0.00595. The Morgan fingerprint density at radius 1 is 0.776 bits per heavy atom. The van der Waals surface area contributed by atoms with Crippen LogP contribution in [0.5, 0.6) is 0 Å². The SMILES string of the molecule is C=C1C[C@@H]2CCC34C[C@@H]5O[C@@H]6[C@@H](O[C@H]7CCC(CC(=O)CC8C(C[C@H]9O[C@@H](CCC1O2)C[C@@H](C)C9=C)O[C@H](C[C@@H](CN)O[Si](C)(C)C(C)(C)C)[C@@H]8C)O[C@@H]7[C@@H]6O3)[C@H]5O4. The minimum atomic E-state index is -2.07. The molecular weight excluding hydrogens is 755 g/mol. The van der Waals surface area contributed by atoms with Gasteiger partial charge in [-0.25, -0.2) is 0 Å². The van der Waals surface area contributed by atoms with Crippen LogP contribution in [-0.4, -0.2) is 118 Å². The molecule has 5 unspecified atom stereocenters. The second kappa shape index (κ2) is 15.9. The van der Waals surface area contributed by atoms with E-state index in [9.17, 15) is 4.79 Å².